The smallest absolute Gasteiger partial charge is 0.321 e. The molecule has 3 rings (SSSR count). The number of hydrogen-bond donors (Lipinski definition) is 2. The molecular formula is C16H17ClN4OS. The van der Waals surface area contributed by atoms with Crippen LogP contribution in [0.5, 0.6) is 0 Å². The van der Waals surface area contributed by atoms with Crippen LogP contribution in [0.3, 0.4) is 0 Å². The maximum Gasteiger partial charge on any atom is 0.321 e. The zero-order valence-corrected chi connectivity index (χ0v) is 14.1. The number of anilines is 2. The average molecular weight is 349 g/mol. The number of rotatable bonds is 2. The molecule has 1 aliphatic heterocycles. The zero-order chi connectivity index (χ0) is 16.2. The molecule has 0 atom stereocenters. The van der Waals surface area contributed by atoms with Crippen LogP contribution in [0.1, 0.15) is 0 Å². The Labute approximate surface area is 145 Å². The molecule has 1 N–H and O–H groups in total. The van der Waals surface area contributed by atoms with Crippen molar-refractivity contribution < 1.29 is 4.79 Å². The summed E-state index contributed by atoms with van der Waals surface area (Å²) in [5.41, 5.74) is 0.767. The van der Waals surface area contributed by atoms with Crippen molar-refractivity contribution in [1.29, 1.82) is 0 Å². The number of pyridine rings is 1. The summed E-state index contributed by atoms with van der Waals surface area (Å²) in [6, 6.07) is 10.9. The third-order valence-electron chi connectivity index (χ3n) is 3.72. The van der Waals surface area contributed by atoms with Crippen LogP contribution in [0.25, 0.3) is 0 Å². The lowest BCUT2D eigenvalue weighted by atomic mass is 10.3. The molecule has 7 heteroatoms. The van der Waals surface area contributed by atoms with Crippen LogP contribution < -0.4 is 10.2 Å². The molecule has 2 heterocycles. The number of thiol groups is 1. The zero-order valence-electron chi connectivity index (χ0n) is 12.4. The normalized spacial score (nSPS) is 14.7. The average Bonchev–Trinajstić information content (AvgIpc) is 2.57. The Morgan fingerprint density at radius 3 is 2.48 bits per heavy atom. The van der Waals surface area contributed by atoms with E-state index in [2.05, 4.69) is 27.8 Å². The number of benzene rings is 1. The summed E-state index contributed by atoms with van der Waals surface area (Å²) in [4.78, 5) is 21.4. The van der Waals surface area contributed by atoms with Crippen LogP contribution in [0.4, 0.5) is 16.3 Å². The molecule has 0 saturated carbocycles. The van der Waals surface area contributed by atoms with E-state index in [0.29, 0.717) is 31.2 Å². The highest BCUT2D eigenvalue weighted by molar-refractivity contribution is 7.80. The predicted octanol–water partition coefficient (Wildman–Crippen LogP) is 3.38. The van der Waals surface area contributed by atoms with E-state index in [4.69, 9.17) is 11.6 Å². The largest absolute Gasteiger partial charge is 0.352 e. The molecule has 2 amide bonds. The van der Waals surface area contributed by atoms with Gasteiger partial charge in [0.15, 0.2) is 0 Å². The van der Waals surface area contributed by atoms with Gasteiger partial charge in [-0.25, -0.2) is 9.78 Å². The number of nitrogens with one attached hydrogen (secondary N) is 1. The number of nitrogens with zero attached hydrogens (tertiary/aromatic N) is 3. The number of carbonyl (C=O) groups excluding carboxylic acids is 1. The van der Waals surface area contributed by atoms with Crippen molar-refractivity contribution in [3.63, 3.8) is 0 Å². The number of urea groups is 1. The van der Waals surface area contributed by atoms with Gasteiger partial charge in [0.25, 0.3) is 0 Å². The molecule has 5 nitrogen and oxygen atoms in total. The fraction of sp³-hybridized carbons (Fsp3) is 0.250. The molecule has 1 fully saturated rings. The fourth-order valence-corrected chi connectivity index (χ4v) is 2.87. The van der Waals surface area contributed by atoms with E-state index in [0.717, 1.165) is 16.4 Å². The second-order valence-corrected chi connectivity index (χ2v) is 6.18. The highest BCUT2D eigenvalue weighted by atomic mass is 35.5. The van der Waals surface area contributed by atoms with E-state index in [1.807, 2.05) is 36.4 Å². The van der Waals surface area contributed by atoms with E-state index in [9.17, 15) is 4.79 Å². The maximum absolute atomic E-state index is 12.3. The monoisotopic (exact) mass is 348 g/mol. The lowest BCUT2D eigenvalue weighted by molar-refractivity contribution is 0.208. The van der Waals surface area contributed by atoms with Crippen molar-refractivity contribution in [3.05, 3.63) is 47.6 Å². The molecule has 0 spiro atoms. The number of hydrogen-bond acceptors (Lipinski definition) is 4. The van der Waals surface area contributed by atoms with Crippen molar-refractivity contribution in [3.8, 4) is 0 Å². The Hall–Kier alpha value is -1.92. The van der Waals surface area contributed by atoms with Crippen molar-refractivity contribution in [1.82, 2.24) is 9.88 Å². The Kier molecular flexibility index (Phi) is 4.93. The minimum Gasteiger partial charge on any atom is -0.352 e. The number of aromatic nitrogens is 1. The first-order valence-electron chi connectivity index (χ1n) is 7.34. The molecule has 0 aliphatic carbocycles. The van der Waals surface area contributed by atoms with Gasteiger partial charge in [0.05, 0.1) is 5.02 Å². The third kappa shape index (κ3) is 3.89. The summed E-state index contributed by atoms with van der Waals surface area (Å²) in [5, 5.41) is 3.53. The summed E-state index contributed by atoms with van der Waals surface area (Å²) in [6.45, 7) is 2.67. The standard InChI is InChI=1S/C16H17ClN4OS/c17-14-2-1-7-18-15(14)20-8-10-21(11-9-20)16(22)19-12-3-5-13(23)6-4-12/h1-7,23H,8-11H2,(H,19,22). The molecular weight excluding hydrogens is 332 g/mol. The van der Waals surface area contributed by atoms with Gasteiger partial charge in [-0.05, 0) is 36.4 Å². The van der Waals surface area contributed by atoms with E-state index < -0.39 is 0 Å². The lowest BCUT2D eigenvalue weighted by Gasteiger charge is -2.35. The molecule has 120 valence electrons. The van der Waals surface area contributed by atoms with Crippen LogP contribution in [0.2, 0.25) is 5.02 Å². The van der Waals surface area contributed by atoms with Gasteiger partial charge in [0.2, 0.25) is 0 Å². The highest BCUT2D eigenvalue weighted by Gasteiger charge is 2.23. The number of piperazine rings is 1. The quantitative estimate of drug-likeness (QED) is 0.818. The van der Waals surface area contributed by atoms with Gasteiger partial charge in [-0.15, -0.1) is 12.6 Å². The van der Waals surface area contributed by atoms with E-state index >= 15 is 0 Å². The molecule has 0 radical (unpaired) electrons. The van der Waals surface area contributed by atoms with Crippen molar-refractivity contribution in [2.24, 2.45) is 0 Å². The summed E-state index contributed by atoms with van der Waals surface area (Å²) < 4.78 is 0. The second-order valence-electron chi connectivity index (χ2n) is 5.26. The van der Waals surface area contributed by atoms with Crippen molar-refractivity contribution in [2.75, 3.05) is 36.4 Å². The molecule has 0 bridgehead atoms. The molecule has 1 saturated heterocycles. The van der Waals surface area contributed by atoms with Crippen molar-refractivity contribution >= 4 is 41.8 Å². The van der Waals surface area contributed by atoms with Crippen LogP contribution >= 0.6 is 24.2 Å². The van der Waals surface area contributed by atoms with Gasteiger partial charge in [-0.2, -0.15) is 0 Å². The van der Waals surface area contributed by atoms with Crippen molar-refractivity contribution in [2.45, 2.75) is 4.90 Å². The Balaban J connectivity index is 1.57. The molecule has 1 aliphatic rings. The first-order chi connectivity index (χ1) is 11.1. The van der Waals surface area contributed by atoms with Crippen LogP contribution in [0, 0.1) is 0 Å². The SMILES string of the molecule is O=C(Nc1ccc(S)cc1)N1CCN(c2ncccc2Cl)CC1. The second kappa shape index (κ2) is 7.10. The minimum atomic E-state index is -0.0938. The lowest BCUT2D eigenvalue weighted by Crippen LogP contribution is -2.50. The number of halogens is 1. The maximum atomic E-state index is 12.3. The molecule has 1 aromatic carbocycles. The van der Waals surface area contributed by atoms with Crippen LogP contribution in [0.15, 0.2) is 47.5 Å². The molecule has 0 unspecified atom stereocenters. The Bertz CT molecular complexity index is 687. The topological polar surface area (TPSA) is 48.5 Å². The molecule has 2 aromatic rings. The van der Waals surface area contributed by atoms with E-state index in [1.165, 1.54) is 0 Å². The van der Waals surface area contributed by atoms with Crippen LogP contribution in [-0.2, 0) is 0 Å². The van der Waals surface area contributed by atoms with Gasteiger partial charge in [-0.3, -0.25) is 0 Å². The minimum absolute atomic E-state index is 0.0938. The summed E-state index contributed by atoms with van der Waals surface area (Å²) in [5.74, 6) is 0.776. The first-order valence-corrected chi connectivity index (χ1v) is 8.16. The van der Waals surface area contributed by atoms with E-state index in [-0.39, 0.29) is 6.03 Å². The summed E-state index contributed by atoms with van der Waals surface area (Å²) in [7, 11) is 0. The molecule has 23 heavy (non-hydrogen) atoms. The van der Waals surface area contributed by atoms with Gasteiger partial charge < -0.3 is 15.1 Å². The highest BCUT2D eigenvalue weighted by Crippen LogP contribution is 2.23. The predicted molar refractivity (Wildman–Crippen MR) is 95.7 cm³/mol. The van der Waals surface area contributed by atoms with Gasteiger partial charge in [0, 0.05) is 43.0 Å². The first kappa shape index (κ1) is 16.0. The fourth-order valence-electron chi connectivity index (χ4n) is 2.48. The Morgan fingerprint density at radius 2 is 1.83 bits per heavy atom. The Morgan fingerprint density at radius 1 is 1.13 bits per heavy atom. The van der Waals surface area contributed by atoms with Crippen LogP contribution in [-0.4, -0.2) is 42.1 Å². The molecule has 1 aromatic heterocycles. The number of carbonyl (C=O) groups is 1. The van der Waals surface area contributed by atoms with Gasteiger partial charge >= 0.3 is 6.03 Å². The summed E-state index contributed by atoms with van der Waals surface area (Å²) in [6.07, 6.45) is 1.73. The van der Waals surface area contributed by atoms with Gasteiger partial charge in [0.1, 0.15) is 5.82 Å². The third-order valence-corrected chi connectivity index (χ3v) is 4.32. The van der Waals surface area contributed by atoms with E-state index in [1.54, 1.807) is 11.1 Å². The number of amides is 2. The summed E-state index contributed by atoms with van der Waals surface area (Å²) >= 11 is 10.4. The van der Waals surface area contributed by atoms with Gasteiger partial charge in [-0.1, -0.05) is 11.6 Å².